The van der Waals surface area contributed by atoms with Crippen LogP contribution in [-0.2, 0) is 90.6 Å². The van der Waals surface area contributed by atoms with Crippen LogP contribution in [0.15, 0.2) is 72.8 Å². The summed E-state index contributed by atoms with van der Waals surface area (Å²) < 4.78 is 36.8. The molecule has 4 aromatic carbocycles. The van der Waals surface area contributed by atoms with Crippen LogP contribution in [0, 0.1) is 5.92 Å². The number of carbonyl (C=O) groups excluding carboxylic acids is 2. The molecule has 0 saturated heterocycles. The molecule has 0 fully saturated rings. The lowest BCUT2D eigenvalue weighted by Crippen LogP contribution is -3.11. The number of benzene rings is 4. The first-order valence-corrected chi connectivity index (χ1v) is 29.9. The van der Waals surface area contributed by atoms with Gasteiger partial charge < -0.3 is 64.0 Å². The lowest BCUT2D eigenvalue weighted by molar-refractivity contribution is -0.907. The quantitative estimate of drug-likeness (QED) is 0.0199. The fraction of sp³-hybridized carbons (Fsp3) is 0.533. The molecule has 21 heteroatoms. The Labute approximate surface area is 504 Å². The number of carboxylic acid groups (broad SMARTS) is 2. The molecule has 2 heterocycles. The van der Waals surface area contributed by atoms with Gasteiger partial charge in [0.1, 0.15) is 40.7 Å². The van der Waals surface area contributed by atoms with Crippen LogP contribution in [0.1, 0.15) is 127 Å². The van der Waals surface area contributed by atoms with Crippen LogP contribution in [0.2, 0.25) is 0 Å². The number of hydrogen-bond acceptors (Lipinski definition) is 16. The molecule has 19 nitrogen and oxygen atoms in total. The topological polar surface area (TPSA) is 256 Å². The summed E-state index contributed by atoms with van der Waals surface area (Å²) in [5.41, 5.74) is 4.30. The van der Waals surface area contributed by atoms with E-state index >= 15 is 0 Å². The van der Waals surface area contributed by atoms with Crippen LogP contribution in [-0.4, -0.2) is 129 Å². The van der Waals surface area contributed by atoms with Crippen LogP contribution < -0.4 is 14.4 Å². The number of aliphatic carboxylic acids is 2. The van der Waals surface area contributed by atoms with Gasteiger partial charge in [-0.25, -0.2) is 4.79 Å². The number of carboxylic acids is 2. The van der Waals surface area contributed by atoms with Crippen molar-refractivity contribution in [3.8, 4) is 23.0 Å². The number of halogens is 2. The van der Waals surface area contributed by atoms with Crippen LogP contribution in [0.25, 0.3) is 0 Å². The van der Waals surface area contributed by atoms with Gasteiger partial charge in [-0.2, -0.15) is 0 Å². The maximum absolute atomic E-state index is 13.1. The number of quaternary nitrogens is 1. The average Bonchev–Trinajstić information content (AvgIpc) is 3.35. The molecule has 4 aromatic rings. The molecule has 2 aliphatic heterocycles. The normalized spacial score (nSPS) is 15.0. The second-order valence-corrected chi connectivity index (χ2v) is 27.4. The smallest absolute Gasteiger partial charge is 0.359 e. The number of hydrogen-bond donors (Lipinski definition) is 7. The number of aliphatic hydroxyl groups excluding tert-OH is 2. The molecule has 0 amide bonds. The highest BCUT2D eigenvalue weighted by Gasteiger charge is 2.33. The second kappa shape index (κ2) is 31.7. The third-order valence-electron chi connectivity index (χ3n) is 12.7. The number of para-hydroxylation sites is 4. The molecule has 2 atom stereocenters. The zero-order valence-electron chi connectivity index (χ0n) is 48.4. The van der Waals surface area contributed by atoms with E-state index < -0.39 is 34.7 Å². The third kappa shape index (κ3) is 24.1. The minimum Gasteiger partial charge on any atom is -0.507 e. The van der Waals surface area contributed by atoms with Crippen molar-refractivity contribution < 1.29 is 83.1 Å². The summed E-state index contributed by atoms with van der Waals surface area (Å²) in [7, 11) is 0. The molecule has 0 radical (unpaired) electrons. The summed E-state index contributed by atoms with van der Waals surface area (Å²) in [5.74, 6) is -3.17. The van der Waals surface area contributed by atoms with Crippen LogP contribution >= 0.6 is 45.2 Å². The number of rotatable bonds is 24. The van der Waals surface area contributed by atoms with E-state index in [1.165, 1.54) is 2.43 Å². The van der Waals surface area contributed by atoms with E-state index in [4.69, 9.17) is 28.4 Å². The number of alkyl halides is 2. The molecule has 0 aromatic heterocycles. The maximum atomic E-state index is 13.1. The monoisotopic (exact) mass is 1360 g/mol. The lowest BCUT2D eigenvalue weighted by Gasteiger charge is -2.35. The highest BCUT2D eigenvalue weighted by molar-refractivity contribution is 14.2. The molecule has 0 saturated carbocycles. The first-order valence-electron chi connectivity index (χ1n) is 26.9. The van der Waals surface area contributed by atoms with Crippen molar-refractivity contribution in [2.75, 3.05) is 41.7 Å². The highest BCUT2D eigenvalue weighted by Crippen LogP contribution is 2.37. The van der Waals surface area contributed by atoms with E-state index in [1.807, 2.05) is 115 Å². The summed E-state index contributed by atoms with van der Waals surface area (Å²) in [6.45, 7) is 21.1. The zero-order chi connectivity index (χ0) is 60.3. The Bertz CT molecular complexity index is 2530. The minimum atomic E-state index is -1.03. The largest absolute Gasteiger partial charge is 0.507 e. The molecule has 0 spiro atoms. The van der Waals surface area contributed by atoms with Crippen molar-refractivity contribution in [1.29, 1.82) is 0 Å². The summed E-state index contributed by atoms with van der Waals surface area (Å²) in [6, 6.07) is 21.8. The lowest BCUT2D eigenvalue weighted by atomic mass is 9.91. The number of ether oxygens (including phenoxy) is 6. The Morgan fingerprint density at radius 3 is 1.43 bits per heavy atom. The Hall–Kier alpha value is -4.86. The van der Waals surface area contributed by atoms with Crippen LogP contribution in [0.4, 0.5) is 0 Å². The minimum absolute atomic E-state index is 0.0640. The molecule has 6 rings (SSSR count). The Morgan fingerprint density at radius 1 is 0.630 bits per heavy atom. The van der Waals surface area contributed by atoms with E-state index in [1.54, 1.807) is 36.4 Å². The third-order valence-corrected chi connectivity index (χ3v) is 12.7. The Kier molecular flexibility index (Phi) is 26.9. The number of nitrogens with zero attached hydrogens (tertiary/aromatic N) is 2. The van der Waals surface area contributed by atoms with Crippen molar-refractivity contribution in [3.63, 3.8) is 0 Å². The predicted octanol–water partition coefficient (Wildman–Crippen LogP) is 8.05. The molecule has 7 N–H and O–H groups in total. The fourth-order valence-corrected chi connectivity index (χ4v) is 9.19. The van der Waals surface area contributed by atoms with Crippen LogP contribution in [0.5, 0.6) is 23.0 Å². The molecule has 2 unspecified atom stereocenters. The zero-order valence-corrected chi connectivity index (χ0v) is 52.8. The summed E-state index contributed by atoms with van der Waals surface area (Å²) in [6.07, 6.45) is 0.476. The molecule has 81 heavy (non-hydrogen) atoms. The van der Waals surface area contributed by atoms with Crippen molar-refractivity contribution in [3.05, 3.63) is 117 Å². The number of esters is 2. The molecular formula is C60H84I2N3O16+. The summed E-state index contributed by atoms with van der Waals surface area (Å²) in [4.78, 5) is 53.6. The maximum Gasteiger partial charge on any atom is 0.359 e. The number of phenols is 2. The van der Waals surface area contributed by atoms with Gasteiger partial charge in [0.25, 0.3) is 0 Å². The molecule has 0 aliphatic carbocycles. The first-order chi connectivity index (χ1) is 37.9. The number of aromatic hydroxyl groups is 2. The van der Waals surface area contributed by atoms with E-state index in [2.05, 4.69) is 45.2 Å². The average molecular weight is 1360 g/mol. The number of carbonyl (C=O) groups is 4. The van der Waals surface area contributed by atoms with Crippen molar-refractivity contribution in [1.82, 2.24) is 9.80 Å². The number of aliphatic hydroxyl groups is 2. The van der Waals surface area contributed by atoms with Gasteiger partial charge in [0.15, 0.2) is 6.54 Å². The fourth-order valence-electron chi connectivity index (χ4n) is 9.19. The number of fused-ring (bicyclic) bond motifs is 2. The molecule has 448 valence electrons. The van der Waals surface area contributed by atoms with E-state index in [-0.39, 0.29) is 81.6 Å². The Morgan fingerprint density at radius 2 is 1.02 bits per heavy atom. The van der Waals surface area contributed by atoms with Gasteiger partial charge in [-0.15, -0.1) is 0 Å². The van der Waals surface area contributed by atoms with Gasteiger partial charge in [0.2, 0.25) is 11.6 Å². The highest BCUT2D eigenvalue weighted by atomic mass is 127. The van der Waals surface area contributed by atoms with Crippen LogP contribution in [0.3, 0.4) is 0 Å². The molecule has 0 bridgehead atoms. The van der Waals surface area contributed by atoms with Crippen molar-refractivity contribution in [2.45, 2.75) is 157 Å². The summed E-state index contributed by atoms with van der Waals surface area (Å²) in [5, 5.41) is 57.9. The van der Waals surface area contributed by atoms with E-state index in [9.17, 15) is 49.8 Å². The predicted molar refractivity (Wildman–Crippen MR) is 321 cm³/mol. The van der Waals surface area contributed by atoms with Gasteiger partial charge in [-0.1, -0.05) is 112 Å². The van der Waals surface area contributed by atoms with Gasteiger partial charge in [-0.3, -0.25) is 24.2 Å². The van der Waals surface area contributed by atoms with E-state index in [0.717, 1.165) is 33.8 Å². The van der Waals surface area contributed by atoms with Gasteiger partial charge in [0, 0.05) is 106 Å². The van der Waals surface area contributed by atoms with E-state index in [0.29, 0.717) is 79.5 Å². The standard InChI is InChI=1S/C36H52N2O8.C23H29NO8.CH2I2/c1-33(2,3)43-29(39)21-37(19-25-13-11-15-27-23-41-35(7,8)45-31(25)27)17-18-38(22-30(40)44-34(4,5)6)20-26-14-12-16-28-24-42-36(9,10)46-32(26)28;25-13-18-5-1-3-16(22(18)31)9-15(10-20(27)28)7-8-24(12-21(29)30)11-17-4-2-6-19(14-26)23(17)32;2-1-3/h11-16H,17-24H2,1-10H3;1-6,15,25-26,31-32H,7-14H2,(H,27,28)(H,29,30);1H2/p+1. The Balaban J connectivity index is 0.000000353. The molecular weight excluding hydrogens is 1270 g/mol. The second-order valence-electron chi connectivity index (χ2n) is 23.0. The van der Waals surface area contributed by atoms with Gasteiger partial charge in [0.05, 0.1) is 48.5 Å². The van der Waals surface area contributed by atoms with Gasteiger partial charge in [-0.05, 0) is 65.5 Å². The SMILES string of the molecule is CC(C)(C)OC(=O)CN(CCN(CC(=O)OC(C)(C)C)Cc1cccc2c1OC(C)(C)OC2)Cc1cccc2c1OC(C)(C)OC2.ICI.O=C(O)CC(CC[NH+](CC(=O)O)Cc1cccc(CO)c1O)Cc1cccc(CO)c1O. The summed E-state index contributed by atoms with van der Waals surface area (Å²) >= 11 is 4.55. The van der Waals surface area contributed by atoms with Gasteiger partial charge >= 0.3 is 23.9 Å². The number of nitrogens with one attached hydrogen (secondary N) is 1. The first kappa shape index (κ1) is 68.6. The van der Waals surface area contributed by atoms with Crippen molar-refractivity contribution >= 4 is 69.1 Å². The van der Waals surface area contributed by atoms with Crippen molar-refractivity contribution in [2.24, 2.45) is 5.92 Å². The molecule has 2 aliphatic rings.